The summed E-state index contributed by atoms with van der Waals surface area (Å²) in [6.07, 6.45) is 15.2. The van der Waals surface area contributed by atoms with Crippen LogP contribution in [0.1, 0.15) is 112 Å². The SMILES string of the molecule is CC(C)CCC[C@@H](C)[C@H]1CC[C@H]2[C@H](COS(C)(=O)=O)[C@@H]([C@@]3(C)Cc4nccnc4C[C@@H]3CO[Si](C)(C)C(C)(C)C)CC[C@]12C. The maximum Gasteiger partial charge on any atom is 0.264 e. The average Bonchev–Trinajstić information content (AvgIpc) is 3.26. The number of aromatic nitrogens is 2. The Kier molecular flexibility index (Phi) is 10.9. The molecule has 3 aliphatic carbocycles. The zero-order valence-corrected chi connectivity index (χ0v) is 31.7. The minimum atomic E-state index is -3.55. The first-order valence-corrected chi connectivity index (χ1v) is 22.3. The van der Waals surface area contributed by atoms with Crippen LogP contribution in [-0.2, 0) is 31.6 Å². The Morgan fingerprint density at radius 3 is 2.20 bits per heavy atom. The maximum atomic E-state index is 12.4. The van der Waals surface area contributed by atoms with Gasteiger partial charge in [0.2, 0.25) is 0 Å². The van der Waals surface area contributed by atoms with Gasteiger partial charge in [-0.1, -0.05) is 74.7 Å². The average molecular weight is 649 g/mol. The van der Waals surface area contributed by atoms with Crippen LogP contribution in [-0.4, -0.2) is 46.2 Å². The molecule has 1 aromatic heterocycles. The number of hydrogen-bond donors (Lipinski definition) is 0. The molecule has 0 amide bonds. The monoisotopic (exact) mass is 648 g/mol. The van der Waals surface area contributed by atoms with E-state index in [4.69, 9.17) is 18.6 Å². The normalized spacial score (nSPS) is 33.7. The zero-order valence-electron chi connectivity index (χ0n) is 29.9. The second-order valence-electron chi connectivity index (χ2n) is 17.5. The molecule has 44 heavy (non-hydrogen) atoms. The van der Waals surface area contributed by atoms with Gasteiger partial charge < -0.3 is 4.43 Å². The molecule has 2 fully saturated rings. The van der Waals surface area contributed by atoms with E-state index in [1.165, 1.54) is 44.8 Å². The van der Waals surface area contributed by atoms with Gasteiger partial charge in [0, 0.05) is 19.0 Å². The largest absolute Gasteiger partial charge is 0.417 e. The van der Waals surface area contributed by atoms with Crippen molar-refractivity contribution in [1.82, 2.24) is 9.97 Å². The van der Waals surface area contributed by atoms with E-state index in [0.717, 1.165) is 43.2 Å². The molecular weight excluding hydrogens is 585 g/mol. The Morgan fingerprint density at radius 2 is 1.59 bits per heavy atom. The van der Waals surface area contributed by atoms with E-state index in [9.17, 15) is 8.42 Å². The Balaban J connectivity index is 1.67. The number of fused-ring (bicyclic) bond motifs is 2. The first-order chi connectivity index (χ1) is 20.3. The molecule has 0 N–H and O–H groups in total. The van der Waals surface area contributed by atoms with Crippen LogP contribution in [0.2, 0.25) is 18.1 Å². The van der Waals surface area contributed by atoms with Gasteiger partial charge in [-0.15, -0.1) is 0 Å². The van der Waals surface area contributed by atoms with Gasteiger partial charge in [0.25, 0.3) is 10.1 Å². The number of hydrogen-bond acceptors (Lipinski definition) is 6. The fourth-order valence-corrected chi connectivity index (χ4v) is 10.9. The Labute approximate surface area is 271 Å². The molecule has 0 aromatic carbocycles. The van der Waals surface area contributed by atoms with Crippen LogP contribution in [0, 0.1) is 52.3 Å². The fourth-order valence-electron chi connectivity index (χ4n) is 9.46. The van der Waals surface area contributed by atoms with Crippen molar-refractivity contribution in [1.29, 1.82) is 0 Å². The van der Waals surface area contributed by atoms with Gasteiger partial charge in [-0.2, -0.15) is 8.42 Å². The van der Waals surface area contributed by atoms with Crippen LogP contribution < -0.4 is 0 Å². The minimum Gasteiger partial charge on any atom is -0.417 e. The highest BCUT2D eigenvalue weighted by atomic mass is 32.2. The van der Waals surface area contributed by atoms with Crippen molar-refractivity contribution in [2.24, 2.45) is 52.3 Å². The zero-order chi connectivity index (χ0) is 32.7. The van der Waals surface area contributed by atoms with Crippen molar-refractivity contribution in [3.63, 3.8) is 0 Å². The third-order valence-electron chi connectivity index (χ3n) is 13.2. The van der Waals surface area contributed by atoms with Gasteiger partial charge in [-0.05, 0) is 109 Å². The van der Waals surface area contributed by atoms with Crippen molar-refractivity contribution in [3.8, 4) is 0 Å². The third kappa shape index (κ3) is 7.65. The summed E-state index contributed by atoms with van der Waals surface area (Å²) < 4.78 is 37.6. The van der Waals surface area contributed by atoms with E-state index < -0.39 is 18.4 Å². The molecule has 0 aliphatic heterocycles. The Hall–Kier alpha value is -0.833. The molecule has 0 bridgehead atoms. The minimum absolute atomic E-state index is 0.0841. The van der Waals surface area contributed by atoms with Gasteiger partial charge in [0.15, 0.2) is 8.32 Å². The van der Waals surface area contributed by atoms with Crippen LogP contribution in [0.3, 0.4) is 0 Å². The lowest BCUT2D eigenvalue weighted by Gasteiger charge is -2.57. The molecule has 1 heterocycles. The van der Waals surface area contributed by atoms with Crippen LogP contribution in [0.15, 0.2) is 12.4 Å². The summed E-state index contributed by atoms with van der Waals surface area (Å²) in [6.45, 7) is 24.8. The molecule has 0 spiro atoms. The third-order valence-corrected chi connectivity index (χ3v) is 18.3. The van der Waals surface area contributed by atoms with Crippen molar-refractivity contribution in [2.45, 2.75) is 131 Å². The summed E-state index contributed by atoms with van der Waals surface area (Å²) in [5.41, 5.74) is 2.35. The molecule has 0 radical (unpaired) electrons. The molecule has 2 saturated carbocycles. The number of rotatable bonds is 12. The van der Waals surface area contributed by atoms with Crippen molar-refractivity contribution >= 4 is 18.4 Å². The summed E-state index contributed by atoms with van der Waals surface area (Å²) in [5, 5.41) is 0.138. The molecule has 8 heteroatoms. The highest BCUT2D eigenvalue weighted by Gasteiger charge is 2.59. The van der Waals surface area contributed by atoms with Crippen LogP contribution in [0.25, 0.3) is 0 Å². The van der Waals surface area contributed by atoms with E-state index in [1.54, 1.807) is 0 Å². The first-order valence-electron chi connectivity index (χ1n) is 17.6. The number of nitrogens with zero attached hydrogens (tertiary/aromatic N) is 2. The summed E-state index contributed by atoms with van der Waals surface area (Å²) in [7, 11) is -5.51. The lowest BCUT2D eigenvalue weighted by Crippen LogP contribution is -2.54. The molecule has 1 aromatic rings. The molecule has 0 unspecified atom stereocenters. The second kappa shape index (κ2) is 13.3. The molecular formula is C36H64N2O4SSi. The van der Waals surface area contributed by atoms with Gasteiger partial charge in [0.1, 0.15) is 0 Å². The second-order valence-corrected chi connectivity index (χ2v) is 24.0. The Bertz CT molecular complexity index is 1230. The van der Waals surface area contributed by atoms with E-state index in [2.05, 4.69) is 68.5 Å². The van der Waals surface area contributed by atoms with Crippen LogP contribution in [0.4, 0.5) is 0 Å². The quantitative estimate of drug-likeness (QED) is 0.167. The van der Waals surface area contributed by atoms with Crippen LogP contribution in [0.5, 0.6) is 0 Å². The predicted molar refractivity (Wildman–Crippen MR) is 183 cm³/mol. The summed E-state index contributed by atoms with van der Waals surface area (Å²) in [5.74, 6) is 3.41. The molecule has 6 nitrogen and oxygen atoms in total. The molecule has 252 valence electrons. The summed E-state index contributed by atoms with van der Waals surface area (Å²) >= 11 is 0. The van der Waals surface area contributed by atoms with Crippen molar-refractivity contribution in [2.75, 3.05) is 19.5 Å². The lowest BCUT2D eigenvalue weighted by atomic mass is 9.48. The van der Waals surface area contributed by atoms with Gasteiger partial charge >= 0.3 is 0 Å². The fraction of sp³-hybridized carbons (Fsp3) is 0.889. The van der Waals surface area contributed by atoms with E-state index in [1.807, 2.05) is 12.4 Å². The maximum absolute atomic E-state index is 12.4. The Morgan fingerprint density at radius 1 is 0.955 bits per heavy atom. The van der Waals surface area contributed by atoms with Crippen LogP contribution >= 0.6 is 0 Å². The lowest BCUT2D eigenvalue weighted by molar-refractivity contribution is -0.0901. The highest BCUT2D eigenvalue weighted by molar-refractivity contribution is 7.85. The van der Waals surface area contributed by atoms with E-state index >= 15 is 0 Å². The topological polar surface area (TPSA) is 78.4 Å². The van der Waals surface area contributed by atoms with Crippen molar-refractivity contribution in [3.05, 3.63) is 23.8 Å². The standard InChI is InChI=1S/C36H64N2O4SSi/c1-25(2)13-12-14-26(3)29-15-16-30-28(24-41-43(9,39)40)31(17-18-35(29,30)7)36(8)22-33-32(37-19-20-38-33)21-27(36)23-42-44(10,11)34(4,5)6/h19-20,25-31H,12-18,21-24H2,1-11H3/t26-,27-,28+,29-,30+,31+,35-,36+/m1/s1. The summed E-state index contributed by atoms with van der Waals surface area (Å²) in [4.78, 5) is 9.62. The van der Waals surface area contributed by atoms with Gasteiger partial charge in [-0.3, -0.25) is 14.2 Å². The van der Waals surface area contributed by atoms with Crippen molar-refractivity contribution < 1.29 is 17.0 Å². The van der Waals surface area contributed by atoms with Gasteiger partial charge in [0.05, 0.1) is 24.3 Å². The van der Waals surface area contributed by atoms with E-state index in [0.29, 0.717) is 29.6 Å². The highest BCUT2D eigenvalue weighted by Crippen LogP contribution is 2.65. The van der Waals surface area contributed by atoms with E-state index in [-0.39, 0.29) is 28.4 Å². The molecule has 4 rings (SSSR count). The smallest absolute Gasteiger partial charge is 0.264 e. The van der Waals surface area contributed by atoms with Gasteiger partial charge in [-0.25, -0.2) is 0 Å². The molecule has 3 aliphatic rings. The molecule has 0 saturated heterocycles. The summed E-state index contributed by atoms with van der Waals surface area (Å²) in [6, 6.07) is 0. The first kappa shape index (κ1) is 36.0. The predicted octanol–water partition coefficient (Wildman–Crippen LogP) is 8.72. The molecule has 8 atom stereocenters.